The molecule has 1 atom stereocenters. The molecule has 2 rings (SSSR count). The van der Waals surface area contributed by atoms with Gasteiger partial charge in [0.25, 0.3) is 5.91 Å². The van der Waals surface area contributed by atoms with Crippen LogP contribution in [0.5, 0.6) is 0 Å². The van der Waals surface area contributed by atoms with E-state index >= 15 is 0 Å². The second-order valence-corrected chi connectivity index (χ2v) is 8.96. The molecule has 0 fully saturated rings. The van der Waals surface area contributed by atoms with Crippen molar-refractivity contribution >= 4 is 34.8 Å². The molecule has 1 N–H and O–H groups in total. The number of carbonyl (C=O) groups excluding carboxylic acids is 2. The average Bonchev–Trinajstić information content (AvgIpc) is 2.70. The standard InChI is InChI=1S/C25H34ClN3O2/c1-7-18(4)29(25(31)21-10-8-9-11-22(21)26)16-19-15-20(12-13-23(19)28(5)6)27-24(30)14-17(2)3/h8-13,15,17-18H,7,14,16H2,1-6H3,(H,27,30)/t18-/m1/s1. The molecule has 0 saturated heterocycles. The van der Waals surface area contributed by atoms with E-state index in [1.54, 1.807) is 12.1 Å². The SMILES string of the molecule is CC[C@@H](C)N(Cc1cc(NC(=O)CC(C)C)ccc1N(C)C)C(=O)c1ccccc1Cl. The van der Waals surface area contributed by atoms with E-state index in [0.717, 1.165) is 23.4 Å². The number of rotatable bonds is 9. The molecule has 5 nitrogen and oxygen atoms in total. The van der Waals surface area contributed by atoms with Gasteiger partial charge in [0.2, 0.25) is 5.91 Å². The Morgan fingerprint density at radius 1 is 1.06 bits per heavy atom. The Kier molecular flexibility index (Phi) is 8.93. The molecule has 0 saturated carbocycles. The highest BCUT2D eigenvalue weighted by Gasteiger charge is 2.24. The molecule has 0 radical (unpaired) electrons. The number of carbonyl (C=O) groups is 2. The molecule has 0 aliphatic rings. The van der Waals surface area contributed by atoms with Crippen LogP contribution in [-0.4, -0.2) is 36.9 Å². The van der Waals surface area contributed by atoms with Crippen LogP contribution < -0.4 is 10.2 Å². The summed E-state index contributed by atoms with van der Waals surface area (Å²) < 4.78 is 0. The van der Waals surface area contributed by atoms with E-state index in [9.17, 15) is 9.59 Å². The van der Waals surface area contributed by atoms with E-state index in [1.807, 2.05) is 75.0 Å². The van der Waals surface area contributed by atoms with Gasteiger partial charge in [-0.15, -0.1) is 0 Å². The van der Waals surface area contributed by atoms with Crippen LogP contribution in [-0.2, 0) is 11.3 Å². The highest BCUT2D eigenvalue weighted by Crippen LogP contribution is 2.27. The summed E-state index contributed by atoms with van der Waals surface area (Å²) in [5.41, 5.74) is 3.20. The third-order valence-electron chi connectivity index (χ3n) is 5.27. The van der Waals surface area contributed by atoms with Crippen LogP contribution >= 0.6 is 11.6 Å². The lowest BCUT2D eigenvalue weighted by atomic mass is 10.1. The lowest BCUT2D eigenvalue weighted by Gasteiger charge is -2.31. The van der Waals surface area contributed by atoms with Crippen molar-refractivity contribution in [1.82, 2.24) is 4.90 Å². The van der Waals surface area contributed by atoms with Crippen molar-refractivity contribution in [3.05, 3.63) is 58.6 Å². The van der Waals surface area contributed by atoms with E-state index in [1.165, 1.54) is 0 Å². The molecular formula is C25H34ClN3O2. The summed E-state index contributed by atoms with van der Waals surface area (Å²) in [7, 11) is 3.94. The van der Waals surface area contributed by atoms with Gasteiger partial charge in [-0.2, -0.15) is 0 Å². The number of amides is 2. The number of hydrogen-bond donors (Lipinski definition) is 1. The zero-order valence-corrected chi connectivity index (χ0v) is 20.2. The topological polar surface area (TPSA) is 52.7 Å². The molecule has 6 heteroatoms. The van der Waals surface area contributed by atoms with E-state index < -0.39 is 0 Å². The Balaban J connectivity index is 2.40. The lowest BCUT2D eigenvalue weighted by Crippen LogP contribution is -2.38. The van der Waals surface area contributed by atoms with E-state index in [2.05, 4.69) is 12.2 Å². The summed E-state index contributed by atoms with van der Waals surface area (Å²) in [5, 5.41) is 3.43. The molecule has 0 aromatic heterocycles. The predicted molar refractivity (Wildman–Crippen MR) is 130 cm³/mol. The van der Waals surface area contributed by atoms with Crippen molar-refractivity contribution < 1.29 is 9.59 Å². The summed E-state index contributed by atoms with van der Waals surface area (Å²) in [5.74, 6) is 0.179. The van der Waals surface area contributed by atoms with E-state index in [4.69, 9.17) is 11.6 Å². The molecule has 0 heterocycles. The van der Waals surface area contributed by atoms with Gasteiger partial charge in [0, 0.05) is 44.5 Å². The molecule has 0 aliphatic carbocycles. The van der Waals surface area contributed by atoms with Crippen molar-refractivity contribution in [2.24, 2.45) is 5.92 Å². The Hall–Kier alpha value is -2.53. The van der Waals surface area contributed by atoms with Crippen LogP contribution in [0.1, 0.15) is 56.5 Å². The molecule has 31 heavy (non-hydrogen) atoms. The first-order chi connectivity index (χ1) is 14.6. The monoisotopic (exact) mass is 443 g/mol. The Labute approximate surface area is 191 Å². The van der Waals surface area contributed by atoms with Crippen LogP contribution in [0.2, 0.25) is 5.02 Å². The summed E-state index contributed by atoms with van der Waals surface area (Å²) >= 11 is 6.32. The minimum absolute atomic E-state index is 0.00974. The number of benzene rings is 2. The van der Waals surface area contributed by atoms with Crippen molar-refractivity contribution in [3.63, 3.8) is 0 Å². The first-order valence-electron chi connectivity index (χ1n) is 10.8. The fraction of sp³-hybridized carbons (Fsp3) is 0.440. The maximum Gasteiger partial charge on any atom is 0.255 e. The summed E-state index contributed by atoms with van der Waals surface area (Å²) in [6, 6.07) is 13.0. The van der Waals surface area contributed by atoms with Crippen molar-refractivity contribution in [1.29, 1.82) is 0 Å². The second kappa shape index (κ2) is 11.2. The van der Waals surface area contributed by atoms with Gasteiger partial charge in [-0.25, -0.2) is 0 Å². The highest BCUT2D eigenvalue weighted by molar-refractivity contribution is 6.33. The molecule has 0 unspecified atom stereocenters. The number of hydrogen-bond acceptors (Lipinski definition) is 3. The van der Waals surface area contributed by atoms with Crippen LogP contribution in [0, 0.1) is 5.92 Å². The summed E-state index contributed by atoms with van der Waals surface area (Å²) in [4.78, 5) is 29.5. The highest BCUT2D eigenvalue weighted by atomic mass is 35.5. The number of nitrogens with one attached hydrogen (secondary N) is 1. The molecule has 2 amide bonds. The number of nitrogens with zero attached hydrogens (tertiary/aromatic N) is 2. The van der Waals surface area contributed by atoms with E-state index in [-0.39, 0.29) is 23.8 Å². The maximum atomic E-state index is 13.4. The van der Waals surface area contributed by atoms with E-state index in [0.29, 0.717) is 23.6 Å². The zero-order valence-electron chi connectivity index (χ0n) is 19.4. The van der Waals surface area contributed by atoms with Gasteiger partial charge in [0.05, 0.1) is 10.6 Å². The molecule has 168 valence electrons. The molecule has 2 aromatic rings. The van der Waals surface area contributed by atoms with Gasteiger partial charge >= 0.3 is 0 Å². The van der Waals surface area contributed by atoms with Gasteiger partial charge in [0.1, 0.15) is 0 Å². The Bertz CT molecular complexity index is 911. The smallest absolute Gasteiger partial charge is 0.255 e. The summed E-state index contributed by atoms with van der Waals surface area (Å²) in [6.45, 7) is 8.56. The van der Waals surface area contributed by atoms with Crippen molar-refractivity contribution in [3.8, 4) is 0 Å². The van der Waals surface area contributed by atoms with Gasteiger partial charge in [-0.3, -0.25) is 9.59 Å². The minimum atomic E-state index is -0.0982. The van der Waals surface area contributed by atoms with Crippen LogP contribution in [0.4, 0.5) is 11.4 Å². The second-order valence-electron chi connectivity index (χ2n) is 8.55. The quantitative estimate of drug-likeness (QED) is 0.530. The minimum Gasteiger partial charge on any atom is -0.377 e. The molecule has 2 aromatic carbocycles. The Morgan fingerprint density at radius 3 is 2.32 bits per heavy atom. The lowest BCUT2D eigenvalue weighted by molar-refractivity contribution is -0.116. The van der Waals surface area contributed by atoms with Crippen molar-refractivity contribution in [2.75, 3.05) is 24.3 Å². The number of halogens is 1. The average molecular weight is 444 g/mol. The maximum absolute atomic E-state index is 13.4. The largest absolute Gasteiger partial charge is 0.377 e. The fourth-order valence-corrected chi connectivity index (χ4v) is 3.65. The first-order valence-corrected chi connectivity index (χ1v) is 11.2. The first kappa shape index (κ1) is 24.7. The molecule has 0 spiro atoms. The van der Waals surface area contributed by atoms with Gasteiger partial charge in [0.15, 0.2) is 0 Å². The molecule has 0 aliphatic heterocycles. The van der Waals surface area contributed by atoms with Gasteiger partial charge in [-0.05, 0) is 55.2 Å². The zero-order chi connectivity index (χ0) is 23.1. The predicted octanol–water partition coefficient (Wildman–Crippen LogP) is 5.83. The van der Waals surface area contributed by atoms with Crippen molar-refractivity contribution in [2.45, 2.75) is 53.1 Å². The van der Waals surface area contributed by atoms with Gasteiger partial charge in [-0.1, -0.05) is 44.5 Å². The number of anilines is 2. The van der Waals surface area contributed by atoms with Crippen LogP contribution in [0.15, 0.2) is 42.5 Å². The fourth-order valence-electron chi connectivity index (χ4n) is 3.43. The summed E-state index contributed by atoms with van der Waals surface area (Å²) in [6.07, 6.45) is 1.28. The van der Waals surface area contributed by atoms with Crippen LogP contribution in [0.3, 0.4) is 0 Å². The molecule has 0 bridgehead atoms. The van der Waals surface area contributed by atoms with Crippen LogP contribution in [0.25, 0.3) is 0 Å². The molecular weight excluding hydrogens is 410 g/mol. The van der Waals surface area contributed by atoms with Gasteiger partial charge < -0.3 is 15.1 Å². The third kappa shape index (κ3) is 6.73. The normalized spacial score (nSPS) is 11.9. The third-order valence-corrected chi connectivity index (χ3v) is 5.60. The Morgan fingerprint density at radius 2 is 1.74 bits per heavy atom.